The molecule has 0 saturated carbocycles. The van der Waals surface area contributed by atoms with Crippen LogP contribution in [0.1, 0.15) is 11.3 Å². The molecule has 0 fully saturated rings. The minimum atomic E-state index is -0.132. The van der Waals surface area contributed by atoms with Crippen LogP contribution in [0.4, 0.5) is 0 Å². The Morgan fingerprint density at radius 3 is 2.88 bits per heavy atom. The second kappa shape index (κ2) is 7.79. The molecule has 0 radical (unpaired) electrons. The van der Waals surface area contributed by atoms with Gasteiger partial charge in [0.25, 0.3) is 5.91 Å². The van der Waals surface area contributed by atoms with Gasteiger partial charge in [0.1, 0.15) is 11.4 Å². The highest BCUT2D eigenvalue weighted by Gasteiger charge is 2.09. The van der Waals surface area contributed by atoms with Crippen molar-refractivity contribution in [2.24, 2.45) is 0 Å². The maximum absolute atomic E-state index is 11.9. The van der Waals surface area contributed by atoms with E-state index in [1.54, 1.807) is 17.7 Å². The van der Waals surface area contributed by atoms with Gasteiger partial charge in [-0.1, -0.05) is 23.8 Å². The van der Waals surface area contributed by atoms with E-state index in [0.717, 1.165) is 21.8 Å². The molecule has 0 aliphatic heterocycles. The molecule has 24 heavy (non-hydrogen) atoms. The van der Waals surface area contributed by atoms with Crippen molar-refractivity contribution in [1.29, 1.82) is 0 Å². The van der Waals surface area contributed by atoms with Crippen LogP contribution in [-0.2, 0) is 11.2 Å². The van der Waals surface area contributed by atoms with Crippen LogP contribution in [0.3, 0.4) is 0 Å². The van der Waals surface area contributed by atoms with E-state index in [4.69, 9.17) is 4.74 Å². The number of aromatic nitrogens is 2. The summed E-state index contributed by atoms with van der Waals surface area (Å²) in [5.41, 5.74) is 3.14. The summed E-state index contributed by atoms with van der Waals surface area (Å²) in [5.74, 6) is 0.567. The maximum atomic E-state index is 11.9. The van der Waals surface area contributed by atoms with Crippen LogP contribution in [0.15, 0.2) is 48.1 Å². The van der Waals surface area contributed by atoms with Crippen LogP contribution in [-0.4, -0.2) is 29.0 Å². The van der Waals surface area contributed by atoms with Gasteiger partial charge in [0.2, 0.25) is 0 Å². The van der Waals surface area contributed by atoms with Crippen LogP contribution in [0.5, 0.6) is 5.75 Å². The third-order valence-corrected chi connectivity index (χ3v) is 4.44. The van der Waals surface area contributed by atoms with Crippen molar-refractivity contribution in [3.63, 3.8) is 0 Å². The molecule has 1 amide bonds. The average Bonchev–Trinajstić information content (AvgIpc) is 3.25. The molecule has 2 heterocycles. The van der Waals surface area contributed by atoms with Gasteiger partial charge in [-0.15, -0.1) is 11.3 Å². The first-order valence-electron chi connectivity index (χ1n) is 7.74. The topological polar surface area (TPSA) is 67.0 Å². The predicted octanol–water partition coefficient (Wildman–Crippen LogP) is 3.18. The number of carbonyl (C=O) groups excluding carboxylic acids is 1. The first-order valence-corrected chi connectivity index (χ1v) is 8.62. The number of aryl methyl sites for hydroxylation is 1. The Hall–Kier alpha value is -2.60. The Morgan fingerprint density at radius 1 is 1.29 bits per heavy atom. The van der Waals surface area contributed by atoms with E-state index >= 15 is 0 Å². The van der Waals surface area contributed by atoms with Crippen LogP contribution in [0, 0.1) is 6.92 Å². The standard InChI is InChI=1S/C18H19N3O2S/c1-13-4-6-14(7-5-13)23-11-17(22)19-9-8-15-18(21-12-20-15)16-3-2-10-24-16/h2-7,10,12H,8-9,11H2,1H3,(H,19,22)(H,20,21). The monoisotopic (exact) mass is 341 g/mol. The number of thiophene rings is 1. The molecule has 0 saturated heterocycles. The Balaban J connectivity index is 1.44. The zero-order chi connectivity index (χ0) is 16.8. The highest BCUT2D eigenvalue weighted by molar-refractivity contribution is 7.13. The summed E-state index contributed by atoms with van der Waals surface area (Å²) in [6.07, 6.45) is 2.39. The lowest BCUT2D eigenvalue weighted by Crippen LogP contribution is -2.30. The van der Waals surface area contributed by atoms with E-state index < -0.39 is 0 Å². The summed E-state index contributed by atoms with van der Waals surface area (Å²) in [5, 5.41) is 4.89. The van der Waals surface area contributed by atoms with Gasteiger partial charge < -0.3 is 15.0 Å². The summed E-state index contributed by atoms with van der Waals surface area (Å²) in [6.45, 7) is 2.57. The number of rotatable bonds is 7. The van der Waals surface area contributed by atoms with Gasteiger partial charge in [-0.3, -0.25) is 4.79 Å². The zero-order valence-electron chi connectivity index (χ0n) is 13.4. The number of H-pyrrole nitrogens is 1. The number of ether oxygens (including phenoxy) is 1. The first-order chi connectivity index (χ1) is 11.7. The van der Waals surface area contributed by atoms with E-state index in [9.17, 15) is 4.79 Å². The summed E-state index contributed by atoms with van der Waals surface area (Å²) in [7, 11) is 0. The lowest BCUT2D eigenvalue weighted by atomic mass is 10.2. The number of nitrogens with zero attached hydrogens (tertiary/aromatic N) is 1. The molecule has 3 rings (SSSR count). The number of aromatic amines is 1. The van der Waals surface area contributed by atoms with Crippen LogP contribution < -0.4 is 10.1 Å². The fourth-order valence-electron chi connectivity index (χ4n) is 2.30. The van der Waals surface area contributed by atoms with Crippen molar-refractivity contribution in [3.05, 3.63) is 59.4 Å². The lowest BCUT2D eigenvalue weighted by Gasteiger charge is -2.08. The normalized spacial score (nSPS) is 10.5. The molecular formula is C18H19N3O2S. The Labute approximate surface area is 144 Å². The molecule has 0 spiro atoms. The minimum Gasteiger partial charge on any atom is -0.484 e. The number of nitrogens with one attached hydrogen (secondary N) is 2. The third kappa shape index (κ3) is 4.23. The SMILES string of the molecule is Cc1ccc(OCC(=O)NCCc2[nH]cnc2-c2cccs2)cc1. The van der Waals surface area contributed by atoms with Crippen molar-refractivity contribution in [2.45, 2.75) is 13.3 Å². The molecule has 5 nitrogen and oxygen atoms in total. The average molecular weight is 341 g/mol. The number of benzene rings is 1. The van der Waals surface area contributed by atoms with Crippen molar-refractivity contribution < 1.29 is 9.53 Å². The van der Waals surface area contributed by atoms with Gasteiger partial charge in [-0.2, -0.15) is 0 Å². The number of amides is 1. The summed E-state index contributed by atoms with van der Waals surface area (Å²) < 4.78 is 5.46. The Kier molecular flexibility index (Phi) is 5.28. The molecule has 3 aromatic rings. The van der Waals surface area contributed by atoms with E-state index in [-0.39, 0.29) is 12.5 Å². The Bertz CT molecular complexity index is 779. The Morgan fingerprint density at radius 2 is 2.12 bits per heavy atom. The number of hydrogen-bond donors (Lipinski definition) is 2. The van der Waals surface area contributed by atoms with Gasteiger partial charge in [0.05, 0.1) is 11.2 Å². The van der Waals surface area contributed by atoms with Gasteiger partial charge in [-0.05, 0) is 30.5 Å². The molecule has 2 aromatic heterocycles. The van der Waals surface area contributed by atoms with Crippen LogP contribution >= 0.6 is 11.3 Å². The second-order valence-electron chi connectivity index (χ2n) is 5.41. The van der Waals surface area contributed by atoms with Crippen molar-refractivity contribution in [3.8, 4) is 16.3 Å². The van der Waals surface area contributed by atoms with E-state index in [0.29, 0.717) is 18.7 Å². The molecule has 0 aliphatic carbocycles. The number of hydrogen-bond acceptors (Lipinski definition) is 4. The molecule has 0 atom stereocenters. The van der Waals surface area contributed by atoms with E-state index in [1.807, 2.05) is 48.7 Å². The summed E-state index contributed by atoms with van der Waals surface area (Å²) in [6, 6.07) is 11.7. The lowest BCUT2D eigenvalue weighted by molar-refractivity contribution is -0.123. The minimum absolute atomic E-state index is 0.0177. The molecule has 0 unspecified atom stereocenters. The molecular weight excluding hydrogens is 322 g/mol. The summed E-state index contributed by atoms with van der Waals surface area (Å²) in [4.78, 5) is 20.5. The maximum Gasteiger partial charge on any atom is 0.257 e. The smallest absolute Gasteiger partial charge is 0.257 e. The number of carbonyl (C=O) groups is 1. The molecule has 2 N–H and O–H groups in total. The second-order valence-corrected chi connectivity index (χ2v) is 6.36. The van der Waals surface area contributed by atoms with Gasteiger partial charge >= 0.3 is 0 Å². The van der Waals surface area contributed by atoms with Crippen LogP contribution in [0.25, 0.3) is 10.6 Å². The van der Waals surface area contributed by atoms with Gasteiger partial charge in [-0.25, -0.2) is 4.98 Å². The summed E-state index contributed by atoms with van der Waals surface area (Å²) >= 11 is 1.65. The quantitative estimate of drug-likeness (QED) is 0.693. The van der Waals surface area contributed by atoms with E-state index in [2.05, 4.69) is 15.3 Å². The van der Waals surface area contributed by atoms with Crippen LogP contribution in [0.2, 0.25) is 0 Å². The zero-order valence-corrected chi connectivity index (χ0v) is 14.2. The van der Waals surface area contributed by atoms with Crippen molar-refractivity contribution in [1.82, 2.24) is 15.3 Å². The molecule has 124 valence electrons. The van der Waals surface area contributed by atoms with Gasteiger partial charge in [0, 0.05) is 18.7 Å². The van der Waals surface area contributed by atoms with Crippen molar-refractivity contribution in [2.75, 3.05) is 13.2 Å². The highest BCUT2D eigenvalue weighted by Crippen LogP contribution is 2.25. The predicted molar refractivity (Wildman–Crippen MR) is 95.3 cm³/mol. The fourth-order valence-corrected chi connectivity index (χ4v) is 3.05. The molecule has 0 bridgehead atoms. The molecule has 0 aliphatic rings. The molecule has 6 heteroatoms. The fraction of sp³-hybridized carbons (Fsp3) is 0.222. The third-order valence-electron chi connectivity index (χ3n) is 3.56. The van der Waals surface area contributed by atoms with E-state index in [1.165, 1.54) is 0 Å². The highest BCUT2D eigenvalue weighted by atomic mass is 32.1. The van der Waals surface area contributed by atoms with Gasteiger partial charge in [0.15, 0.2) is 6.61 Å². The van der Waals surface area contributed by atoms with Crippen molar-refractivity contribution >= 4 is 17.2 Å². The molecule has 1 aromatic carbocycles. The largest absolute Gasteiger partial charge is 0.484 e. The first kappa shape index (κ1) is 16.3. The number of imidazole rings is 1.